The molecule has 2 fully saturated rings. The molecule has 1 aliphatic heterocycles. The Morgan fingerprint density at radius 3 is 2.52 bits per heavy atom. The van der Waals surface area contributed by atoms with Gasteiger partial charge in [0.15, 0.2) is 0 Å². The molecule has 2 N–H and O–H groups in total. The number of anilines is 1. The molecule has 1 saturated heterocycles. The van der Waals surface area contributed by atoms with Gasteiger partial charge in [-0.25, -0.2) is 9.18 Å². The van der Waals surface area contributed by atoms with Crippen LogP contribution in [0.25, 0.3) is 0 Å². The predicted octanol–water partition coefficient (Wildman–Crippen LogP) is 4.30. The van der Waals surface area contributed by atoms with Gasteiger partial charge in [-0.05, 0) is 62.3 Å². The van der Waals surface area contributed by atoms with Crippen LogP contribution in [0.2, 0.25) is 0 Å². The summed E-state index contributed by atoms with van der Waals surface area (Å²) >= 11 is 0. The van der Waals surface area contributed by atoms with E-state index < -0.39 is 0 Å². The smallest absolute Gasteiger partial charge is 0.321 e. The number of piperidine rings is 1. The fraction of sp³-hybridized carbons (Fsp3) is 0.619. The van der Waals surface area contributed by atoms with Crippen LogP contribution in [-0.4, -0.2) is 36.0 Å². The van der Waals surface area contributed by atoms with Crippen LogP contribution in [0.15, 0.2) is 24.3 Å². The second-order valence-corrected chi connectivity index (χ2v) is 7.83. The fourth-order valence-corrected chi connectivity index (χ4v) is 4.10. The zero-order chi connectivity index (χ0) is 19.1. The van der Waals surface area contributed by atoms with Gasteiger partial charge in [-0.15, -0.1) is 0 Å². The molecule has 1 atom stereocenters. The van der Waals surface area contributed by atoms with Gasteiger partial charge in [0.2, 0.25) is 5.91 Å². The van der Waals surface area contributed by atoms with Crippen molar-refractivity contribution in [3.63, 3.8) is 0 Å². The number of nitrogens with zero attached hydrogens (tertiary/aromatic N) is 1. The topological polar surface area (TPSA) is 61.4 Å². The number of rotatable bonds is 5. The van der Waals surface area contributed by atoms with Gasteiger partial charge < -0.3 is 15.5 Å². The Morgan fingerprint density at radius 1 is 1.04 bits per heavy atom. The van der Waals surface area contributed by atoms with E-state index >= 15 is 0 Å². The van der Waals surface area contributed by atoms with E-state index in [1.54, 1.807) is 17.0 Å². The van der Waals surface area contributed by atoms with Gasteiger partial charge in [0, 0.05) is 31.2 Å². The summed E-state index contributed by atoms with van der Waals surface area (Å²) in [4.78, 5) is 26.4. The third kappa shape index (κ3) is 6.22. The third-order valence-corrected chi connectivity index (χ3v) is 5.65. The minimum atomic E-state index is -0.322. The van der Waals surface area contributed by atoms with Crippen LogP contribution in [0.4, 0.5) is 14.9 Å². The van der Waals surface area contributed by atoms with Crippen LogP contribution >= 0.6 is 0 Å². The summed E-state index contributed by atoms with van der Waals surface area (Å²) in [5.74, 6) is 0.183. The van der Waals surface area contributed by atoms with Crippen LogP contribution in [-0.2, 0) is 4.79 Å². The van der Waals surface area contributed by atoms with Gasteiger partial charge in [-0.1, -0.05) is 19.3 Å². The molecule has 0 bridgehead atoms. The van der Waals surface area contributed by atoms with Crippen molar-refractivity contribution in [1.82, 2.24) is 10.2 Å². The van der Waals surface area contributed by atoms with E-state index in [-0.39, 0.29) is 17.8 Å². The van der Waals surface area contributed by atoms with Crippen molar-refractivity contribution in [2.45, 2.75) is 63.8 Å². The number of hydrogen-bond donors (Lipinski definition) is 2. The van der Waals surface area contributed by atoms with Crippen LogP contribution < -0.4 is 10.6 Å². The number of hydrogen-bond acceptors (Lipinski definition) is 2. The first-order chi connectivity index (χ1) is 13.1. The van der Waals surface area contributed by atoms with Crippen molar-refractivity contribution in [2.24, 2.45) is 5.92 Å². The highest BCUT2D eigenvalue weighted by molar-refractivity contribution is 5.89. The summed E-state index contributed by atoms with van der Waals surface area (Å²) in [7, 11) is 0. The molecule has 0 radical (unpaired) electrons. The molecular formula is C21H30FN3O2. The van der Waals surface area contributed by atoms with Gasteiger partial charge in [0.1, 0.15) is 5.82 Å². The highest BCUT2D eigenvalue weighted by Gasteiger charge is 2.24. The maximum Gasteiger partial charge on any atom is 0.321 e. The average Bonchev–Trinajstić information content (AvgIpc) is 2.69. The molecule has 1 aromatic rings. The number of carbonyl (C=O) groups is 2. The summed E-state index contributed by atoms with van der Waals surface area (Å²) in [6.07, 6.45) is 9.27. The van der Waals surface area contributed by atoms with E-state index in [0.717, 1.165) is 38.6 Å². The fourth-order valence-electron chi connectivity index (χ4n) is 4.10. The normalized spacial score (nSPS) is 20.9. The second kappa shape index (κ2) is 9.72. The lowest BCUT2D eigenvalue weighted by Crippen LogP contribution is -2.42. The molecule has 0 spiro atoms. The molecule has 2 aliphatic rings. The number of carbonyl (C=O) groups excluding carboxylic acids is 2. The van der Waals surface area contributed by atoms with Gasteiger partial charge in [-0.2, -0.15) is 0 Å². The summed E-state index contributed by atoms with van der Waals surface area (Å²) < 4.78 is 13.0. The van der Waals surface area contributed by atoms with Crippen molar-refractivity contribution in [3.05, 3.63) is 30.1 Å². The monoisotopic (exact) mass is 375 g/mol. The highest BCUT2D eigenvalue weighted by Crippen LogP contribution is 2.23. The molecule has 1 saturated carbocycles. The van der Waals surface area contributed by atoms with E-state index in [0.29, 0.717) is 30.6 Å². The van der Waals surface area contributed by atoms with Gasteiger partial charge in [0.05, 0.1) is 0 Å². The zero-order valence-electron chi connectivity index (χ0n) is 15.9. The molecule has 1 heterocycles. The van der Waals surface area contributed by atoms with Crippen LogP contribution in [0.1, 0.15) is 57.8 Å². The maximum atomic E-state index is 13.0. The first kappa shape index (κ1) is 19.6. The van der Waals surface area contributed by atoms with Crippen molar-refractivity contribution < 1.29 is 14.0 Å². The van der Waals surface area contributed by atoms with Crippen molar-refractivity contribution in [3.8, 4) is 0 Å². The Bertz CT molecular complexity index is 629. The van der Waals surface area contributed by atoms with E-state index in [1.807, 2.05) is 0 Å². The average molecular weight is 375 g/mol. The van der Waals surface area contributed by atoms with Crippen LogP contribution in [0.5, 0.6) is 0 Å². The predicted molar refractivity (Wildman–Crippen MR) is 104 cm³/mol. The lowest BCUT2D eigenvalue weighted by atomic mass is 9.92. The number of likely N-dealkylation sites (tertiary alicyclic amines) is 1. The number of amides is 3. The molecule has 148 valence electrons. The Hall–Kier alpha value is -2.11. The van der Waals surface area contributed by atoms with Crippen LogP contribution in [0.3, 0.4) is 0 Å². The Labute approximate surface area is 160 Å². The van der Waals surface area contributed by atoms with Crippen molar-refractivity contribution in [2.75, 3.05) is 18.4 Å². The van der Waals surface area contributed by atoms with Crippen molar-refractivity contribution >= 4 is 17.6 Å². The van der Waals surface area contributed by atoms with Crippen molar-refractivity contribution in [1.29, 1.82) is 0 Å². The zero-order valence-corrected chi connectivity index (χ0v) is 15.9. The largest absolute Gasteiger partial charge is 0.353 e. The van der Waals surface area contributed by atoms with E-state index in [9.17, 15) is 14.0 Å². The van der Waals surface area contributed by atoms with Gasteiger partial charge >= 0.3 is 6.03 Å². The van der Waals surface area contributed by atoms with E-state index in [1.165, 1.54) is 31.4 Å². The maximum absolute atomic E-state index is 13.0. The number of halogens is 1. The summed E-state index contributed by atoms with van der Waals surface area (Å²) in [6.45, 7) is 1.39. The minimum absolute atomic E-state index is 0.148. The number of urea groups is 1. The third-order valence-electron chi connectivity index (χ3n) is 5.65. The molecular weight excluding hydrogens is 345 g/mol. The molecule has 6 heteroatoms. The Morgan fingerprint density at radius 2 is 1.78 bits per heavy atom. The Kier molecular flexibility index (Phi) is 7.07. The summed E-state index contributed by atoms with van der Waals surface area (Å²) in [5, 5.41) is 5.99. The van der Waals surface area contributed by atoms with E-state index in [2.05, 4.69) is 10.6 Å². The molecule has 0 aromatic heterocycles. The molecule has 3 rings (SSSR count). The van der Waals surface area contributed by atoms with Crippen LogP contribution in [0, 0.1) is 11.7 Å². The summed E-state index contributed by atoms with van der Waals surface area (Å²) in [5.41, 5.74) is 0.593. The molecule has 27 heavy (non-hydrogen) atoms. The quantitative estimate of drug-likeness (QED) is 0.806. The van der Waals surface area contributed by atoms with E-state index in [4.69, 9.17) is 0 Å². The lowest BCUT2D eigenvalue weighted by molar-refractivity contribution is -0.122. The molecule has 3 amide bonds. The van der Waals surface area contributed by atoms with Gasteiger partial charge in [-0.3, -0.25) is 4.79 Å². The minimum Gasteiger partial charge on any atom is -0.353 e. The SMILES string of the molecule is O=C(CC[C@H]1CCCN(C(=O)Nc2ccc(F)cc2)C1)NC1CCCCC1. The summed E-state index contributed by atoms with van der Waals surface area (Å²) in [6, 6.07) is 5.99. The first-order valence-corrected chi connectivity index (χ1v) is 10.2. The number of benzene rings is 1. The molecule has 5 nitrogen and oxygen atoms in total. The molecule has 1 aromatic carbocycles. The van der Waals surface area contributed by atoms with Gasteiger partial charge in [0.25, 0.3) is 0 Å². The molecule has 0 unspecified atom stereocenters. The lowest BCUT2D eigenvalue weighted by Gasteiger charge is -2.33. The molecule has 1 aliphatic carbocycles. The Balaban J connectivity index is 1.41. The number of nitrogens with one attached hydrogen (secondary N) is 2. The highest BCUT2D eigenvalue weighted by atomic mass is 19.1. The second-order valence-electron chi connectivity index (χ2n) is 7.83. The first-order valence-electron chi connectivity index (χ1n) is 10.2. The standard InChI is InChI=1S/C21H30FN3O2/c22-17-9-11-19(12-10-17)24-21(27)25-14-4-5-16(15-25)8-13-20(26)23-18-6-2-1-3-7-18/h9-12,16,18H,1-8,13-15H2,(H,23,26)(H,24,27)/t16-/m1/s1.